The highest BCUT2D eigenvalue weighted by molar-refractivity contribution is 7.92. The molecule has 170 valence electrons. The van der Waals surface area contributed by atoms with E-state index >= 15 is 0 Å². The monoisotopic (exact) mass is 455 g/mol. The van der Waals surface area contributed by atoms with E-state index in [1.165, 1.54) is 12.8 Å². The van der Waals surface area contributed by atoms with Gasteiger partial charge in [-0.25, -0.2) is 18.4 Å². The first-order chi connectivity index (χ1) is 15.3. The highest BCUT2D eigenvalue weighted by Gasteiger charge is 2.24. The smallest absolute Gasteiger partial charge is 0.265 e. The first kappa shape index (κ1) is 22.1. The van der Waals surface area contributed by atoms with E-state index in [-0.39, 0.29) is 4.90 Å². The quantitative estimate of drug-likeness (QED) is 0.559. The van der Waals surface area contributed by atoms with E-state index < -0.39 is 10.0 Å². The van der Waals surface area contributed by atoms with Crippen LogP contribution in [-0.2, 0) is 16.6 Å². The van der Waals surface area contributed by atoms with E-state index in [4.69, 9.17) is 0 Å². The van der Waals surface area contributed by atoms with Crippen LogP contribution in [0.25, 0.3) is 0 Å². The van der Waals surface area contributed by atoms with Crippen LogP contribution in [0.2, 0.25) is 0 Å². The fraction of sp³-hybridized carbons (Fsp3) is 0.409. The van der Waals surface area contributed by atoms with Gasteiger partial charge in [-0.1, -0.05) is 0 Å². The summed E-state index contributed by atoms with van der Waals surface area (Å²) in [4.78, 5) is 11.5. The van der Waals surface area contributed by atoms with E-state index in [0.29, 0.717) is 35.3 Å². The van der Waals surface area contributed by atoms with Crippen LogP contribution >= 0.6 is 0 Å². The van der Waals surface area contributed by atoms with Crippen molar-refractivity contribution in [2.24, 2.45) is 0 Å². The van der Waals surface area contributed by atoms with Crippen LogP contribution in [0.15, 0.2) is 35.2 Å². The van der Waals surface area contributed by atoms with E-state index in [1.54, 1.807) is 30.7 Å². The van der Waals surface area contributed by atoms with Crippen molar-refractivity contribution < 1.29 is 8.42 Å². The molecule has 32 heavy (non-hydrogen) atoms. The van der Waals surface area contributed by atoms with E-state index in [1.807, 2.05) is 32.0 Å². The van der Waals surface area contributed by atoms with Crippen LogP contribution in [-0.4, -0.2) is 41.3 Å². The number of anilines is 4. The van der Waals surface area contributed by atoms with Gasteiger partial charge < -0.3 is 10.2 Å². The Morgan fingerprint density at radius 1 is 1.00 bits per heavy atom. The van der Waals surface area contributed by atoms with Gasteiger partial charge in [-0.15, -0.1) is 0 Å². The molecule has 4 rings (SSSR count). The minimum Gasteiger partial charge on any atom is -0.356 e. The second-order valence-corrected chi connectivity index (χ2v) is 9.60. The zero-order valence-electron chi connectivity index (χ0n) is 18.9. The molecule has 0 aliphatic carbocycles. The summed E-state index contributed by atoms with van der Waals surface area (Å²) in [5.74, 6) is 2.35. The maximum absolute atomic E-state index is 12.9. The lowest BCUT2D eigenvalue weighted by molar-refractivity contribution is 0.598. The van der Waals surface area contributed by atoms with Crippen molar-refractivity contribution in [3.8, 4) is 0 Å². The van der Waals surface area contributed by atoms with Crippen LogP contribution in [0.1, 0.15) is 37.0 Å². The molecule has 0 radical (unpaired) electrons. The minimum atomic E-state index is -3.74. The molecule has 1 saturated heterocycles. The van der Waals surface area contributed by atoms with Gasteiger partial charge in [0, 0.05) is 37.1 Å². The summed E-state index contributed by atoms with van der Waals surface area (Å²) in [5.41, 5.74) is 2.41. The predicted molar refractivity (Wildman–Crippen MR) is 126 cm³/mol. The number of nitrogens with zero attached hydrogens (tertiary/aromatic N) is 5. The molecule has 1 fully saturated rings. The highest BCUT2D eigenvalue weighted by atomic mass is 32.2. The van der Waals surface area contributed by atoms with Crippen molar-refractivity contribution in [3.63, 3.8) is 0 Å². The molecule has 0 unspecified atom stereocenters. The Bertz CT molecular complexity index is 1210. The summed E-state index contributed by atoms with van der Waals surface area (Å²) in [6.07, 6.45) is 2.36. The first-order valence-corrected chi connectivity index (χ1v) is 12.3. The number of nitrogens with one attached hydrogen (secondary N) is 2. The van der Waals surface area contributed by atoms with Crippen molar-refractivity contribution in [2.45, 2.75) is 52.0 Å². The standard InChI is InChI=1S/C22H29N7O2S/c1-5-29-16(3)22(15(2)26-29)32(30,31)27-19-10-8-18(9-11-19)25-20-14-21(24-17(4)23-20)28-12-6-7-13-28/h8-11,14,27H,5-7,12-13H2,1-4H3,(H,23,24,25). The van der Waals surface area contributed by atoms with Gasteiger partial charge in [-0.05, 0) is 64.8 Å². The van der Waals surface area contributed by atoms with Gasteiger partial charge in [0.25, 0.3) is 10.0 Å². The Balaban J connectivity index is 1.50. The van der Waals surface area contributed by atoms with Crippen molar-refractivity contribution >= 4 is 33.0 Å². The topological polar surface area (TPSA) is 105 Å². The Labute approximate surface area is 188 Å². The molecule has 10 heteroatoms. The fourth-order valence-electron chi connectivity index (χ4n) is 4.08. The Hall–Kier alpha value is -3.14. The highest BCUT2D eigenvalue weighted by Crippen LogP contribution is 2.26. The van der Waals surface area contributed by atoms with Gasteiger partial charge in [0.1, 0.15) is 22.4 Å². The summed E-state index contributed by atoms with van der Waals surface area (Å²) in [6.45, 7) is 9.94. The molecule has 0 spiro atoms. The maximum atomic E-state index is 12.9. The largest absolute Gasteiger partial charge is 0.356 e. The molecule has 1 aromatic carbocycles. The Morgan fingerprint density at radius 2 is 1.66 bits per heavy atom. The average molecular weight is 456 g/mol. The maximum Gasteiger partial charge on any atom is 0.265 e. The SMILES string of the molecule is CCn1nc(C)c(S(=O)(=O)Nc2ccc(Nc3cc(N4CCCC4)nc(C)n3)cc2)c1C. The third-order valence-corrected chi connectivity index (χ3v) is 7.18. The molecule has 0 saturated carbocycles. The fourth-order valence-corrected chi connectivity index (χ4v) is 5.55. The number of hydrogen-bond acceptors (Lipinski definition) is 7. The van der Waals surface area contributed by atoms with Crippen LogP contribution in [0, 0.1) is 20.8 Å². The van der Waals surface area contributed by atoms with Gasteiger partial charge in [0.2, 0.25) is 0 Å². The Kier molecular flexibility index (Phi) is 6.05. The number of aryl methyl sites for hydroxylation is 3. The summed E-state index contributed by atoms with van der Waals surface area (Å²) in [6, 6.07) is 9.04. The van der Waals surface area contributed by atoms with Crippen molar-refractivity contribution in [1.82, 2.24) is 19.7 Å². The molecule has 1 aliphatic heterocycles. The molecular weight excluding hydrogens is 426 g/mol. The molecule has 2 aromatic heterocycles. The molecule has 0 atom stereocenters. The van der Waals surface area contributed by atoms with Crippen LogP contribution in [0.4, 0.5) is 23.0 Å². The lowest BCUT2D eigenvalue weighted by Gasteiger charge is -2.18. The number of aromatic nitrogens is 4. The van der Waals surface area contributed by atoms with E-state index in [2.05, 4.69) is 30.0 Å². The summed E-state index contributed by atoms with van der Waals surface area (Å²) < 4.78 is 30.2. The first-order valence-electron chi connectivity index (χ1n) is 10.8. The minimum absolute atomic E-state index is 0.229. The molecule has 0 amide bonds. The lowest BCUT2D eigenvalue weighted by atomic mass is 10.3. The molecule has 2 N–H and O–H groups in total. The average Bonchev–Trinajstić information content (AvgIpc) is 3.37. The van der Waals surface area contributed by atoms with Crippen LogP contribution < -0.4 is 14.9 Å². The van der Waals surface area contributed by atoms with Crippen molar-refractivity contribution in [1.29, 1.82) is 0 Å². The van der Waals surface area contributed by atoms with Crippen LogP contribution in [0.3, 0.4) is 0 Å². The summed E-state index contributed by atoms with van der Waals surface area (Å²) in [7, 11) is -3.74. The van der Waals surface area contributed by atoms with Gasteiger partial charge in [0.05, 0.1) is 11.4 Å². The number of benzene rings is 1. The molecule has 3 heterocycles. The summed E-state index contributed by atoms with van der Waals surface area (Å²) in [5, 5.41) is 7.60. The van der Waals surface area contributed by atoms with E-state index in [9.17, 15) is 8.42 Å². The molecule has 3 aromatic rings. The molecule has 9 nitrogen and oxygen atoms in total. The van der Waals surface area contributed by atoms with Gasteiger partial charge in [0.15, 0.2) is 0 Å². The van der Waals surface area contributed by atoms with E-state index in [0.717, 1.165) is 24.6 Å². The normalized spacial score (nSPS) is 14.1. The number of rotatable bonds is 7. The molecule has 0 bridgehead atoms. The third-order valence-electron chi connectivity index (χ3n) is 5.55. The zero-order valence-corrected chi connectivity index (χ0v) is 19.7. The lowest BCUT2D eigenvalue weighted by Crippen LogP contribution is -2.19. The van der Waals surface area contributed by atoms with Crippen molar-refractivity contribution in [3.05, 3.63) is 47.5 Å². The zero-order chi connectivity index (χ0) is 22.9. The van der Waals surface area contributed by atoms with Crippen LogP contribution in [0.5, 0.6) is 0 Å². The predicted octanol–water partition coefficient (Wildman–Crippen LogP) is 3.76. The second kappa shape index (κ2) is 8.78. The third kappa shape index (κ3) is 4.55. The molecule has 1 aliphatic rings. The number of hydrogen-bond donors (Lipinski definition) is 2. The van der Waals surface area contributed by atoms with Gasteiger partial charge >= 0.3 is 0 Å². The number of sulfonamides is 1. The second-order valence-electron chi connectivity index (χ2n) is 7.98. The van der Waals surface area contributed by atoms with Crippen molar-refractivity contribution in [2.75, 3.05) is 28.0 Å². The molecular formula is C22H29N7O2S. The van der Waals surface area contributed by atoms with Gasteiger partial charge in [-0.2, -0.15) is 5.10 Å². The van der Waals surface area contributed by atoms with Gasteiger partial charge in [-0.3, -0.25) is 9.40 Å². The Morgan fingerprint density at radius 3 is 2.28 bits per heavy atom. The summed E-state index contributed by atoms with van der Waals surface area (Å²) >= 11 is 0.